The van der Waals surface area contributed by atoms with Gasteiger partial charge in [0.1, 0.15) is 6.61 Å². The third-order valence-corrected chi connectivity index (χ3v) is 13.9. The van der Waals surface area contributed by atoms with E-state index in [2.05, 4.69) is 74.6 Å². The Morgan fingerprint density at radius 2 is 0.775 bits per heavy atom. The highest BCUT2D eigenvalue weighted by Gasteiger charge is 2.26. The van der Waals surface area contributed by atoms with E-state index in [0.29, 0.717) is 6.42 Å². The van der Waals surface area contributed by atoms with Gasteiger partial charge in [0.05, 0.1) is 13.2 Å². The average molecular weight is 1020 g/mol. The van der Waals surface area contributed by atoms with Crippen LogP contribution in [0.4, 0.5) is 0 Å². The molecular formula is C61H112NO8P. The van der Waals surface area contributed by atoms with Crippen molar-refractivity contribution >= 4 is 19.8 Å². The van der Waals surface area contributed by atoms with Crippen molar-refractivity contribution in [3.8, 4) is 0 Å². The normalized spacial score (nSPS) is 13.5. The fourth-order valence-electron chi connectivity index (χ4n) is 8.55. The van der Waals surface area contributed by atoms with E-state index in [1.165, 1.54) is 180 Å². The molecule has 2 unspecified atom stereocenters. The van der Waals surface area contributed by atoms with Gasteiger partial charge < -0.3 is 20.1 Å². The highest BCUT2D eigenvalue weighted by molar-refractivity contribution is 7.47. The van der Waals surface area contributed by atoms with Crippen molar-refractivity contribution in [2.75, 3.05) is 26.4 Å². The minimum absolute atomic E-state index is 0.0534. The summed E-state index contributed by atoms with van der Waals surface area (Å²) in [7, 11) is -4.39. The van der Waals surface area contributed by atoms with Crippen LogP contribution < -0.4 is 5.73 Å². The number of phosphoric ester groups is 1. The number of allylic oxidation sites excluding steroid dienone is 10. The first-order valence-electron chi connectivity index (χ1n) is 29.8. The summed E-state index contributed by atoms with van der Waals surface area (Å²) in [6.45, 7) is 3.67. The van der Waals surface area contributed by atoms with Gasteiger partial charge in [0, 0.05) is 19.4 Å². The molecule has 0 aliphatic rings. The molecule has 0 amide bonds. The predicted octanol–water partition coefficient (Wildman–Crippen LogP) is 18.7. The third kappa shape index (κ3) is 56.9. The van der Waals surface area contributed by atoms with Gasteiger partial charge >= 0.3 is 19.8 Å². The number of carbonyl (C=O) groups excluding carboxylic acids is 2. The van der Waals surface area contributed by atoms with Crippen molar-refractivity contribution in [1.82, 2.24) is 0 Å². The number of unbranched alkanes of at least 4 members (excludes halogenated alkanes) is 33. The van der Waals surface area contributed by atoms with Crippen molar-refractivity contribution in [2.24, 2.45) is 5.73 Å². The fraction of sp³-hybridized carbons (Fsp3) is 0.803. The molecule has 0 aromatic rings. The van der Waals surface area contributed by atoms with Gasteiger partial charge in [-0.1, -0.05) is 274 Å². The molecule has 0 saturated carbocycles. The van der Waals surface area contributed by atoms with Crippen molar-refractivity contribution in [1.29, 1.82) is 0 Å². The second kappa shape index (κ2) is 57.0. The van der Waals surface area contributed by atoms with E-state index in [0.717, 1.165) is 70.6 Å². The highest BCUT2D eigenvalue weighted by atomic mass is 31.2. The molecule has 0 saturated heterocycles. The van der Waals surface area contributed by atoms with Crippen LogP contribution in [0.25, 0.3) is 0 Å². The van der Waals surface area contributed by atoms with E-state index in [9.17, 15) is 19.0 Å². The minimum Gasteiger partial charge on any atom is -0.462 e. The summed E-state index contributed by atoms with van der Waals surface area (Å²) < 4.78 is 33.1. The summed E-state index contributed by atoms with van der Waals surface area (Å²) in [4.78, 5) is 35.2. The lowest BCUT2D eigenvalue weighted by molar-refractivity contribution is -0.161. The zero-order valence-corrected chi connectivity index (χ0v) is 47.1. The number of phosphoric acid groups is 1. The second-order valence-corrected chi connectivity index (χ2v) is 21.3. The number of nitrogens with two attached hydrogens (primary N) is 1. The van der Waals surface area contributed by atoms with Crippen molar-refractivity contribution in [3.05, 3.63) is 60.8 Å². The van der Waals surface area contributed by atoms with Gasteiger partial charge in [-0.25, -0.2) is 4.57 Å². The SMILES string of the molecule is CC/C=C\C/C=C\C/C=C\C/C=C\C/C=C\CCCCCCCCCCCCCCCC(=O)OC(COC(=O)CCCCCCCCCCCCCCCCCCCCCCC)COP(=O)(O)OCCN. The lowest BCUT2D eigenvalue weighted by Gasteiger charge is -2.19. The third-order valence-electron chi connectivity index (χ3n) is 12.9. The molecule has 10 heteroatoms. The van der Waals surface area contributed by atoms with E-state index in [4.69, 9.17) is 24.3 Å². The molecule has 71 heavy (non-hydrogen) atoms. The van der Waals surface area contributed by atoms with Crippen LogP contribution in [-0.4, -0.2) is 49.3 Å². The maximum absolute atomic E-state index is 12.7. The van der Waals surface area contributed by atoms with Gasteiger partial charge in [-0.05, 0) is 57.8 Å². The van der Waals surface area contributed by atoms with Gasteiger partial charge in [-0.15, -0.1) is 0 Å². The van der Waals surface area contributed by atoms with E-state index in [1.54, 1.807) is 0 Å². The first-order valence-corrected chi connectivity index (χ1v) is 31.3. The zero-order chi connectivity index (χ0) is 51.7. The van der Waals surface area contributed by atoms with Gasteiger partial charge in [-0.3, -0.25) is 18.6 Å². The smallest absolute Gasteiger partial charge is 0.462 e. The van der Waals surface area contributed by atoms with Crippen LogP contribution in [0.2, 0.25) is 0 Å². The zero-order valence-electron chi connectivity index (χ0n) is 46.2. The standard InChI is InChI=1S/C61H112NO8P/c1-3-5-7-9-11-13-15-17-19-21-23-25-26-27-28-29-30-31-32-34-36-38-40-42-44-46-48-50-52-54-61(64)70-59(58-69-71(65,66)68-56-55-62)57-67-60(63)53-51-49-47-45-43-41-39-37-35-33-24-22-20-18-16-14-12-10-8-6-4-2/h5,7,11,13,17,19,23,25,27-28,59H,3-4,6,8-10,12,14-16,18,20-22,24,26,29-58,62H2,1-2H3,(H,65,66)/b7-5-,13-11-,19-17-,25-23-,28-27-. The molecule has 0 aromatic heterocycles. The Bertz CT molecular complexity index is 1350. The molecule has 0 aromatic carbocycles. The molecule has 2 atom stereocenters. The first kappa shape index (κ1) is 68.7. The molecule has 0 spiro atoms. The Morgan fingerprint density at radius 3 is 1.15 bits per heavy atom. The van der Waals surface area contributed by atoms with Crippen LogP contribution in [0.3, 0.4) is 0 Å². The van der Waals surface area contributed by atoms with Crippen molar-refractivity contribution in [3.63, 3.8) is 0 Å². The Balaban J connectivity index is 3.94. The Labute approximate surface area is 438 Å². The van der Waals surface area contributed by atoms with Crippen molar-refractivity contribution < 1.29 is 37.6 Å². The minimum atomic E-state index is -4.39. The number of hydrogen-bond donors (Lipinski definition) is 2. The van der Waals surface area contributed by atoms with E-state index >= 15 is 0 Å². The molecule has 0 aliphatic carbocycles. The van der Waals surface area contributed by atoms with Gasteiger partial charge in [0.2, 0.25) is 0 Å². The van der Waals surface area contributed by atoms with E-state index in [1.807, 2.05) is 0 Å². The van der Waals surface area contributed by atoms with E-state index in [-0.39, 0.29) is 38.6 Å². The van der Waals surface area contributed by atoms with Crippen LogP contribution in [0.5, 0.6) is 0 Å². The quantitative estimate of drug-likeness (QED) is 0.0264. The molecule has 0 bridgehead atoms. The molecule has 0 aliphatic heterocycles. The maximum Gasteiger partial charge on any atom is 0.472 e. The average Bonchev–Trinajstić information content (AvgIpc) is 3.36. The summed E-state index contributed by atoms with van der Waals surface area (Å²) in [5, 5.41) is 0. The van der Waals surface area contributed by atoms with Crippen LogP contribution in [0.1, 0.15) is 284 Å². The van der Waals surface area contributed by atoms with Gasteiger partial charge in [-0.2, -0.15) is 0 Å². The Kier molecular flexibility index (Phi) is 55.2. The summed E-state index contributed by atoms with van der Waals surface area (Å²) in [5.41, 5.74) is 5.39. The summed E-state index contributed by atoms with van der Waals surface area (Å²) >= 11 is 0. The number of esters is 2. The summed E-state index contributed by atoms with van der Waals surface area (Å²) in [6, 6.07) is 0. The summed E-state index contributed by atoms with van der Waals surface area (Å²) in [6.07, 6.45) is 71.3. The molecule has 414 valence electrons. The van der Waals surface area contributed by atoms with Crippen LogP contribution >= 0.6 is 7.82 Å². The molecule has 0 fully saturated rings. The van der Waals surface area contributed by atoms with Crippen LogP contribution in [-0.2, 0) is 32.7 Å². The predicted molar refractivity (Wildman–Crippen MR) is 303 cm³/mol. The molecule has 0 radical (unpaired) electrons. The highest BCUT2D eigenvalue weighted by Crippen LogP contribution is 2.43. The largest absolute Gasteiger partial charge is 0.472 e. The number of rotatable bonds is 56. The lowest BCUT2D eigenvalue weighted by Crippen LogP contribution is -2.29. The second-order valence-electron chi connectivity index (χ2n) is 19.8. The van der Waals surface area contributed by atoms with Crippen LogP contribution in [0, 0.1) is 0 Å². The van der Waals surface area contributed by atoms with Gasteiger partial charge in [0.25, 0.3) is 0 Å². The Hall–Kier alpha value is -2.29. The van der Waals surface area contributed by atoms with Crippen molar-refractivity contribution in [2.45, 2.75) is 290 Å². The van der Waals surface area contributed by atoms with Gasteiger partial charge in [0.15, 0.2) is 6.10 Å². The molecular weight excluding hydrogens is 906 g/mol. The molecule has 9 nitrogen and oxygen atoms in total. The van der Waals surface area contributed by atoms with E-state index < -0.39 is 26.5 Å². The number of hydrogen-bond acceptors (Lipinski definition) is 8. The monoisotopic (exact) mass is 1020 g/mol. The maximum atomic E-state index is 12.7. The topological polar surface area (TPSA) is 134 Å². The fourth-order valence-corrected chi connectivity index (χ4v) is 9.31. The molecule has 0 rings (SSSR count). The molecule has 3 N–H and O–H groups in total. The molecule has 0 heterocycles. The number of carbonyl (C=O) groups is 2. The number of ether oxygens (including phenoxy) is 2. The van der Waals surface area contributed by atoms with Crippen LogP contribution in [0.15, 0.2) is 60.8 Å². The Morgan fingerprint density at radius 1 is 0.437 bits per heavy atom. The first-order chi connectivity index (χ1) is 34.8. The lowest BCUT2D eigenvalue weighted by atomic mass is 10.0. The summed E-state index contributed by atoms with van der Waals surface area (Å²) in [5.74, 6) is -0.817.